The summed E-state index contributed by atoms with van der Waals surface area (Å²) in [5.74, 6) is -0.000659. The molecule has 1 fully saturated rings. The standard InChI is InChI=1S/C23H24N4O2S/c1-15-8-10-19(12-16(15)2)27-14-18(13-21(27)29)22-25-26-23(30-22)24-20(28)11-9-17-6-4-3-5-7-17/h3-8,10,12,18H,9,11,13-14H2,1-2H3,(H,24,26,28)/t18-/m0/s1. The maximum absolute atomic E-state index is 12.6. The Bertz CT molecular complexity index is 1060. The Labute approximate surface area is 180 Å². The minimum atomic E-state index is -0.0826. The number of aryl methyl sites for hydroxylation is 3. The minimum absolute atomic E-state index is 0.00780. The van der Waals surface area contributed by atoms with Gasteiger partial charge in [0, 0.05) is 31.0 Å². The molecule has 30 heavy (non-hydrogen) atoms. The van der Waals surface area contributed by atoms with Gasteiger partial charge >= 0.3 is 0 Å². The molecule has 0 radical (unpaired) electrons. The van der Waals surface area contributed by atoms with Gasteiger partial charge in [0.2, 0.25) is 16.9 Å². The molecule has 1 aliphatic heterocycles. The normalized spacial score (nSPS) is 16.1. The lowest BCUT2D eigenvalue weighted by molar-refractivity contribution is -0.117. The highest BCUT2D eigenvalue weighted by Crippen LogP contribution is 2.34. The van der Waals surface area contributed by atoms with Crippen LogP contribution < -0.4 is 10.2 Å². The summed E-state index contributed by atoms with van der Waals surface area (Å²) in [5.41, 5.74) is 4.42. The molecule has 1 saturated heterocycles. The molecule has 3 aromatic rings. The first-order valence-electron chi connectivity index (χ1n) is 10.0. The number of hydrogen-bond acceptors (Lipinski definition) is 5. The van der Waals surface area contributed by atoms with E-state index >= 15 is 0 Å². The average molecular weight is 421 g/mol. The third-order valence-electron chi connectivity index (χ3n) is 5.45. The van der Waals surface area contributed by atoms with E-state index in [0.717, 1.165) is 16.3 Å². The van der Waals surface area contributed by atoms with Crippen LogP contribution in [0.2, 0.25) is 0 Å². The lowest BCUT2D eigenvalue weighted by atomic mass is 10.1. The molecule has 7 heteroatoms. The maximum Gasteiger partial charge on any atom is 0.227 e. The predicted octanol–water partition coefficient (Wildman–Crippen LogP) is 4.25. The highest BCUT2D eigenvalue weighted by Gasteiger charge is 2.34. The van der Waals surface area contributed by atoms with Gasteiger partial charge in [-0.15, -0.1) is 10.2 Å². The van der Waals surface area contributed by atoms with Crippen LogP contribution in [0.4, 0.5) is 10.8 Å². The molecule has 6 nitrogen and oxygen atoms in total. The van der Waals surface area contributed by atoms with E-state index in [9.17, 15) is 9.59 Å². The van der Waals surface area contributed by atoms with E-state index in [-0.39, 0.29) is 17.7 Å². The van der Waals surface area contributed by atoms with Crippen LogP contribution in [-0.2, 0) is 16.0 Å². The van der Waals surface area contributed by atoms with Crippen LogP contribution in [0.3, 0.4) is 0 Å². The summed E-state index contributed by atoms with van der Waals surface area (Å²) in [5, 5.41) is 12.5. The summed E-state index contributed by atoms with van der Waals surface area (Å²) >= 11 is 1.35. The van der Waals surface area contributed by atoms with Crippen LogP contribution in [0.1, 0.15) is 40.5 Å². The van der Waals surface area contributed by atoms with Gasteiger partial charge in [0.15, 0.2) is 0 Å². The number of carbonyl (C=O) groups is 2. The molecule has 0 unspecified atom stereocenters. The smallest absolute Gasteiger partial charge is 0.227 e. The van der Waals surface area contributed by atoms with E-state index in [1.54, 1.807) is 0 Å². The average Bonchev–Trinajstić information content (AvgIpc) is 3.36. The Balaban J connectivity index is 1.36. The number of benzene rings is 2. The molecule has 1 atom stereocenters. The van der Waals surface area contributed by atoms with Crippen molar-refractivity contribution in [3.8, 4) is 0 Å². The number of nitrogens with one attached hydrogen (secondary N) is 1. The molecule has 2 heterocycles. The highest BCUT2D eigenvalue weighted by molar-refractivity contribution is 7.15. The molecule has 2 amide bonds. The Morgan fingerprint density at radius 2 is 1.93 bits per heavy atom. The summed E-state index contributed by atoms with van der Waals surface area (Å²) in [6, 6.07) is 16.0. The Hall–Kier alpha value is -3.06. The molecule has 1 N–H and O–H groups in total. The summed E-state index contributed by atoms with van der Waals surface area (Å²) in [4.78, 5) is 26.6. The Morgan fingerprint density at radius 3 is 2.70 bits per heavy atom. The molecular formula is C23H24N4O2S. The molecule has 0 spiro atoms. The van der Waals surface area contributed by atoms with Gasteiger partial charge in [-0.1, -0.05) is 47.7 Å². The van der Waals surface area contributed by atoms with Gasteiger partial charge in [-0.3, -0.25) is 9.59 Å². The zero-order valence-corrected chi connectivity index (χ0v) is 17.9. The largest absolute Gasteiger partial charge is 0.312 e. The van der Waals surface area contributed by atoms with E-state index in [2.05, 4.69) is 22.4 Å². The van der Waals surface area contributed by atoms with Crippen molar-refractivity contribution < 1.29 is 9.59 Å². The van der Waals surface area contributed by atoms with Gasteiger partial charge in [-0.05, 0) is 49.1 Å². The van der Waals surface area contributed by atoms with Gasteiger partial charge in [-0.2, -0.15) is 0 Å². The fourth-order valence-corrected chi connectivity index (χ4v) is 4.40. The van der Waals surface area contributed by atoms with Crippen molar-refractivity contribution >= 4 is 34.0 Å². The quantitative estimate of drug-likeness (QED) is 0.647. The van der Waals surface area contributed by atoms with Crippen molar-refractivity contribution in [1.82, 2.24) is 10.2 Å². The summed E-state index contributed by atoms with van der Waals surface area (Å²) < 4.78 is 0. The first kappa shape index (κ1) is 20.2. The third kappa shape index (κ3) is 4.57. The highest BCUT2D eigenvalue weighted by atomic mass is 32.1. The van der Waals surface area contributed by atoms with E-state index in [1.165, 1.54) is 22.5 Å². The molecule has 0 bridgehead atoms. The van der Waals surface area contributed by atoms with Crippen molar-refractivity contribution in [3.63, 3.8) is 0 Å². The number of carbonyl (C=O) groups excluding carboxylic acids is 2. The number of amides is 2. The first-order chi connectivity index (χ1) is 14.5. The number of hydrogen-bond donors (Lipinski definition) is 1. The Kier molecular flexibility index (Phi) is 5.90. The molecule has 154 valence electrons. The second-order valence-corrected chi connectivity index (χ2v) is 8.66. The number of aromatic nitrogens is 2. The second kappa shape index (κ2) is 8.75. The predicted molar refractivity (Wildman–Crippen MR) is 119 cm³/mol. The molecule has 0 aliphatic carbocycles. The van der Waals surface area contributed by atoms with Gasteiger partial charge in [0.1, 0.15) is 5.01 Å². The van der Waals surface area contributed by atoms with Crippen LogP contribution >= 0.6 is 11.3 Å². The zero-order chi connectivity index (χ0) is 21.1. The zero-order valence-electron chi connectivity index (χ0n) is 17.1. The van der Waals surface area contributed by atoms with Gasteiger partial charge in [-0.25, -0.2) is 0 Å². The molecule has 0 saturated carbocycles. The summed E-state index contributed by atoms with van der Waals surface area (Å²) in [7, 11) is 0. The van der Waals surface area contributed by atoms with Crippen LogP contribution in [-0.4, -0.2) is 28.6 Å². The molecular weight excluding hydrogens is 396 g/mol. The van der Waals surface area contributed by atoms with Crippen LogP contribution in [0.5, 0.6) is 0 Å². The van der Waals surface area contributed by atoms with Crippen molar-refractivity contribution in [1.29, 1.82) is 0 Å². The fourth-order valence-electron chi connectivity index (χ4n) is 3.55. The maximum atomic E-state index is 12.6. The fraction of sp³-hybridized carbons (Fsp3) is 0.304. The first-order valence-corrected chi connectivity index (χ1v) is 10.9. The van der Waals surface area contributed by atoms with Gasteiger partial charge in [0.05, 0.1) is 0 Å². The van der Waals surface area contributed by atoms with Crippen molar-refractivity contribution in [2.24, 2.45) is 0 Å². The summed E-state index contributed by atoms with van der Waals surface area (Å²) in [6.45, 7) is 4.69. The van der Waals surface area contributed by atoms with Crippen molar-refractivity contribution in [3.05, 3.63) is 70.2 Å². The third-order valence-corrected chi connectivity index (χ3v) is 6.45. The molecule has 1 aromatic heterocycles. The van der Waals surface area contributed by atoms with Crippen LogP contribution in [0, 0.1) is 13.8 Å². The topological polar surface area (TPSA) is 75.2 Å². The van der Waals surface area contributed by atoms with Crippen LogP contribution in [0.25, 0.3) is 0 Å². The minimum Gasteiger partial charge on any atom is -0.312 e. The number of anilines is 2. The van der Waals surface area contributed by atoms with Crippen LogP contribution in [0.15, 0.2) is 48.5 Å². The van der Waals surface area contributed by atoms with E-state index < -0.39 is 0 Å². The monoisotopic (exact) mass is 420 g/mol. The molecule has 2 aromatic carbocycles. The van der Waals surface area contributed by atoms with E-state index in [1.807, 2.05) is 60.4 Å². The second-order valence-electron chi connectivity index (χ2n) is 7.65. The number of nitrogens with zero attached hydrogens (tertiary/aromatic N) is 3. The lowest BCUT2D eigenvalue weighted by Crippen LogP contribution is -2.24. The Morgan fingerprint density at radius 1 is 1.13 bits per heavy atom. The van der Waals surface area contributed by atoms with Gasteiger partial charge < -0.3 is 10.2 Å². The van der Waals surface area contributed by atoms with E-state index in [4.69, 9.17) is 0 Å². The van der Waals surface area contributed by atoms with E-state index in [0.29, 0.717) is 30.9 Å². The van der Waals surface area contributed by atoms with Gasteiger partial charge in [0.25, 0.3) is 0 Å². The summed E-state index contributed by atoms with van der Waals surface area (Å²) in [6.07, 6.45) is 1.48. The SMILES string of the molecule is Cc1ccc(N2C[C@@H](c3nnc(NC(=O)CCc4ccccc4)s3)CC2=O)cc1C. The number of rotatable bonds is 6. The molecule has 4 rings (SSSR count). The lowest BCUT2D eigenvalue weighted by Gasteiger charge is -2.17. The molecule has 1 aliphatic rings. The van der Waals surface area contributed by atoms with Crippen molar-refractivity contribution in [2.75, 3.05) is 16.8 Å². The van der Waals surface area contributed by atoms with Crippen molar-refractivity contribution in [2.45, 2.75) is 39.0 Å².